The number of carbonyl (C=O) groups is 1. The second kappa shape index (κ2) is 3.13. The van der Waals surface area contributed by atoms with E-state index in [-0.39, 0.29) is 11.5 Å². The maximum Gasteiger partial charge on any atom is 0.272 e. The monoisotopic (exact) mass is 231 g/mol. The van der Waals surface area contributed by atoms with Crippen LogP contribution in [0.25, 0.3) is 11.0 Å². The van der Waals surface area contributed by atoms with Crippen LogP contribution in [0.4, 0.5) is 5.69 Å². The van der Waals surface area contributed by atoms with Crippen LogP contribution in [0.3, 0.4) is 0 Å². The Morgan fingerprint density at radius 3 is 2.94 bits per heavy atom. The molecule has 17 heavy (non-hydrogen) atoms. The molecule has 0 unspecified atom stereocenters. The van der Waals surface area contributed by atoms with Gasteiger partial charge in [-0.05, 0) is 6.92 Å². The fourth-order valence-electron chi connectivity index (χ4n) is 2.31. The van der Waals surface area contributed by atoms with Crippen molar-refractivity contribution in [2.45, 2.75) is 19.9 Å². The number of non-ortho nitro benzene ring substituents is 1. The quantitative estimate of drug-likeness (QED) is 0.554. The number of imidazole rings is 1. The number of nitro benzene ring substituents is 1. The molecule has 0 amide bonds. The topological polar surface area (TPSA) is 78.0 Å². The average molecular weight is 231 g/mol. The van der Waals surface area contributed by atoms with E-state index in [1.54, 1.807) is 0 Å². The third-order valence-corrected chi connectivity index (χ3v) is 3.09. The Bertz CT molecular complexity index is 672. The molecular weight excluding hydrogens is 222 g/mol. The fraction of sp³-hybridized carbons (Fsp3) is 0.273. The molecule has 3 rings (SSSR count). The van der Waals surface area contributed by atoms with E-state index < -0.39 is 4.92 Å². The van der Waals surface area contributed by atoms with Crippen LogP contribution in [0, 0.1) is 17.0 Å². The highest BCUT2D eigenvalue weighted by Crippen LogP contribution is 2.30. The summed E-state index contributed by atoms with van der Waals surface area (Å²) in [7, 11) is 0. The predicted molar refractivity (Wildman–Crippen MR) is 60.1 cm³/mol. The first-order valence-electron chi connectivity index (χ1n) is 5.26. The summed E-state index contributed by atoms with van der Waals surface area (Å²) >= 11 is 0. The summed E-state index contributed by atoms with van der Waals surface area (Å²) in [5, 5.41) is 10.8. The van der Waals surface area contributed by atoms with Crippen molar-refractivity contribution in [1.29, 1.82) is 0 Å². The molecule has 2 aromatic rings. The van der Waals surface area contributed by atoms with Crippen LogP contribution in [-0.4, -0.2) is 20.3 Å². The molecule has 1 aromatic carbocycles. The summed E-state index contributed by atoms with van der Waals surface area (Å²) in [6.07, 6.45) is 0.375. The molecule has 2 heterocycles. The first-order chi connectivity index (χ1) is 8.08. The maximum atomic E-state index is 11.8. The Hall–Kier alpha value is -2.24. The highest BCUT2D eigenvalue weighted by molar-refractivity contribution is 6.08. The normalized spacial score (nSPS) is 14.3. The number of carbonyl (C=O) groups excluding carboxylic acids is 1. The number of aromatic nitrogens is 2. The SMILES string of the molecule is Cc1nc2cc([N+](=O)[O-])cc3c2n1CCC3=O. The number of hydrogen-bond acceptors (Lipinski definition) is 4. The lowest BCUT2D eigenvalue weighted by Gasteiger charge is -2.14. The van der Waals surface area contributed by atoms with Crippen LogP contribution in [0.15, 0.2) is 12.1 Å². The number of nitrogens with zero attached hydrogens (tertiary/aromatic N) is 3. The predicted octanol–water partition coefficient (Wildman–Crippen LogP) is 1.84. The van der Waals surface area contributed by atoms with Crippen molar-refractivity contribution in [2.75, 3.05) is 0 Å². The lowest BCUT2D eigenvalue weighted by atomic mass is 10.0. The maximum absolute atomic E-state index is 11.8. The minimum absolute atomic E-state index is 0.0499. The molecule has 0 spiro atoms. The number of aryl methyl sites for hydroxylation is 2. The number of nitro groups is 1. The van der Waals surface area contributed by atoms with Gasteiger partial charge in [-0.2, -0.15) is 0 Å². The van der Waals surface area contributed by atoms with Gasteiger partial charge in [-0.15, -0.1) is 0 Å². The Labute approximate surface area is 96.0 Å². The summed E-state index contributed by atoms with van der Waals surface area (Å²) in [5.74, 6) is 0.736. The molecule has 0 radical (unpaired) electrons. The van der Waals surface area contributed by atoms with E-state index in [2.05, 4.69) is 4.98 Å². The number of hydrogen-bond donors (Lipinski definition) is 0. The van der Waals surface area contributed by atoms with Crippen molar-refractivity contribution in [2.24, 2.45) is 0 Å². The minimum atomic E-state index is -0.494. The summed E-state index contributed by atoms with van der Waals surface area (Å²) in [5.41, 5.74) is 1.59. The number of Topliss-reactive ketones (excluding diaryl/α,β-unsaturated/α-hetero) is 1. The molecule has 6 heteroatoms. The highest BCUT2D eigenvalue weighted by atomic mass is 16.6. The summed E-state index contributed by atoms with van der Waals surface area (Å²) in [6.45, 7) is 2.44. The molecule has 0 N–H and O–H groups in total. The van der Waals surface area contributed by atoms with Gasteiger partial charge in [0.25, 0.3) is 5.69 Å². The van der Waals surface area contributed by atoms with Gasteiger partial charge in [0.15, 0.2) is 5.78 Å². The molecule has 0 saturated heterocycles. The molecule has 0 aliphatic carbocycles. The van der Waals surface area contributed by atoms with Crippen molar-refractivity contribution in [3.05, 3.63) is 33.6 Å². The second-order valence-electron chi connectivity index (χ2n) is 4.10. The molecule has 86 valence electrons. The van der Waals surface area contributed by atoms with Crippen molar-refractivity contribution in [3.8, 4) is 0 Å². The first-order valence-corrected chi connectivity index (χ1v) is 5.26. The zero-order valence-electron chi connectivity index (χ0n) is 9.14. The van der Waals surface area contributed by atoms with Crippen LogP contribution in [-0.2, 0) is 6.54 Å². The van der Waals surface area contributed by atoms with Gasteiger partial charge in [0.1, 0.15) is 5.82 Å². The van der Waals surface area contributed by atoms with E-state index in [1.165, 1.54) is 12.1 Å². The zero-order chi connectivity index (χ0) is 12.2. The van der Waals surface area contributed by atoms with Gasteiger partial charge in [0, 0.05) is 25.1 Å². The summed E-state index contributed by atoms with van der Waals surface area (Å²) in [6, 6.07) is 2.77. The molecule has 1 aliphatic heterocycles. The fourth-order valence-corrected chi connectivity index (χ4v) is 2.31. The van der Waals surface area contributed by atoms with Gasteiger partial charge < -0.3 is 4.57 Å². The molecule has 0 fully saturated rings. The summed E-state index contributed by atoms with van der Waals surface area (Å²) in [4.78, 5) is 26.4. The van der Waals surface area contributed by atoms with Gasteiger partial charge in [0.05, 0.1) is 21.5 Å². The molecular formula is C11H9N3O3. The average Bonchev–Trinajstić information content (AvgIpc) is 2.60. The van der Waals surface area contributed by atoms with Crippen LogP contribution in [0.5, 0.6) is 0 Å². The Kier molecular flexibility index (Phi) is 1.83. The van der Waals surface area contributed by atoms with E-state index in [9.17, 15) is 14.9 Å². The number of ketones is 1. The third-order valence-electron chi connectivity index (χ3n) is 3.09. The lowest BCUT2D eigenvalue weighted by molar-refractivity contribution is -0.384. The van der Waals surface area contributed by atoms with E-state index >= 15 is 0 Å². The van der Waals surface area contributed by atoms with Crippen LogP contribution >= 0.6 is 0 Å². The highest BCUT2D eigenvalue weighted by Gasteiger charge is 2.25. The Morgan fingerprint density at radius 1 is 1.47 bits per heavy atom. The second-order valence-corrected chi connectivity index (χ2v) is 4.10. The lowest BCUT2D eigenvalue weighted by Crippen LogP contribution is -2.15. The minimum Gasteiger partial charge on any atom is -0.327 e. The van der Waals surface area contributed by atoms with E-state index in [4.69, 9.17) is 0 Å². The van der Waals surface area contributed by atoms with Crippen molar-refractivity contribution in [3.63, 3.8) is 0 Å². The largest absolute Gasteiger partial charge is 0.327 e. The van der Waals surface area contributed by atoms with Crippen LogP contribution < -0.4 is 0 Å². The standard InChI is InChI=1S/C11H9N3O3/c1-6-12-9-5-7(14(16)17)4-8-10(15)2-3-13(6)11(8)9/h4-5H,2-3H2,1H3. The molecule has 0 saturated carbocycles. The molecule has 1 aromatic heterocycles. The van der Waals surface area contributed by atoms with E-state index in [1.807, 2.05) is 11.5 Å². The van der Waals surface area contributed by atoms with Gasteiger partial charge >= 0.3 is 0 Å². The number of rotatable bonds is 1. The molecule has 0 atom stereocenters. The van der Waals surface area contributed by atoms with Crippen LogP contribution in [0.2, 0.25) is 0 Å². The van der Waals surface area contributed by atoms with Gasteiger partial charge in [-0.3, -0.25) is 14.9 Å². The van der Waals surface area contributed by atoms with Crippen molar-refractivity contribution < 1.29 is 9.72 Å². The van der Waals surface area contributed by atoms with Crippen LogP contribution in [0.1, 0.15) is 22.6 Å². The molecule has 1 aliphatic rings. The molecule has 6 nitrogen and oxygen atoms in total. The van der Waals surface area contributed by atoms with Crippen molar-refractivity contribution in [1.82, 2.24) is 9.55 Å². The van der Waals surface area contributed by atoms with Gasteiger partial charge in [-0.1, -0.05) is 0 Å². The van der Waals surface area contributed by atoms with Crippen molar-refractivity contribution >= 4 is 22.5 Å². The smallest absolute Gasteiger partial charge is 0.272 e. The Balaban J connectivity index is 2.45. The van der Waals surface area contributed by atoms with E-state index in [0.717, 1.165) is 11.3 Å². The van der Waals surface area contributed by atoms with E-state index in [0.29, 0.717) is 24.0 Å². The van der Waals surface area contributed by atoms with Gasteiger partial charge in [-0.25, -0.2) is 4.98 Å². The third kappa shape index (κ3) is 1.27. The molecule has 0 bridgehead atoms. The Morgan fingerprint density at radius 2 is 2.24 bits per heavy atom. The summed E-state index contributed by atoms with van der Waals surface area (Å²) < 4.78 is 1.94. The first kappa shape index (κ1) is 9.95. The zero-order valence-corrected chi connectivity index (χ0v) is 9.14. The number of benzene rings is 1. The van der Waals surface area contributed by atoms with Gasteiger partial charge in [0.2, 0.25) is 0 Å².